The van der Waals surface area contributed by atoms with Crippen molar-refractivity contribution in [2.75, 3.05) is 12.4 Å². The molecule has 0 heterocycles. The van der Waals surface area contributed by atoms with Gasteiger partial charge in [0.2, 0.25) is 5.91 Å². The van der Waals surface area contributed by atoms with Crippen molar-refractivity contribution in [1.29, 1.82) is 0 Å². The molecule has 4 nitrogen and oxygen atoms in total. The van der Waals surface area contributed by atoms with Gasteiger partial charge in [0, 0.05) is 24.7 Å². The number of anilines is 1. The highest BCUT2D eigenvalue weighted by Crippen LogP contribution is 2.18. The molecule has 0 saturated heterocycles. The molecule has 146 valence electrons. The molecular formula is C24H21ClN2O2. The van der Waals surface area contributed by atoms with Crippen molar-refractivity contribution >= 4 is 35.2 Å². The average molecular weight is 405 g/mol. The van der Waals surface area contributed by atoms with Crippen molar-refractivity contribution in [2.45, 2.75) is 6.54 Å². The van der Waals surface area contributed by atoms with E-state index in [1.807, 2.05) is 42.5 Å². The Morgan fingerprint density at radius 3 is 2.31 bits per heavy atom. The van der Waals surface area contributed by atoms with Gasteiger partial charge < -0.3 is 10.2 Å². The zero-order valence-electron chi connectivity index (χ0n) is 16.0. The number of amides is 2. The molecule has 0 bridgehead atoms. The number of nitrogens with zero attached hydrogens (tertiary/aromatic N) is 1. The minimum atomic E-state index is -0.314. The number of para-hydroxylation sites is 1. The van der Waals surface area contributed by atoms with E-state index < -0.39 is 0 Å². The Bertz CT molecular complexity index is 1010. The van der Waals surface area contributed by atoms with E-state index >= 15 is 0 Å². The fourth-order valence-electron chi connectivity index (χ4n) is 2.83. The third-order valence-electron chi connectivity index (χ3n) is 4.32. The second kappa shape index (κ2) is 9.71. The molecule has 0 aliphatic heterocycles. The summed E-state index contributed by atoms with van der Waals surface area (Å²) in [6.07, 6.45) is 3.12. The molecule has 0 spiro atoms. The number of hydrogen-bond acceptors (Lipinski definition) is 2. The number of benzene rings is 3. The lowest BCUT2D eigenvalue weighted by molar-refractivity contribution is -0.111. The fraction of sp³-hybridized carbons (Fsp3) is 0.0833. The van der Waals surface area contributed by atoms with E-state index in [-0.39, 0.29) is 11.8 Å². The number of halogens is 1. The van der Waals surface area contributed by atoms with Gasteiger partial charge in [0.15, 0.2) is 0 Å². The Morgan fingerprint density at radius 1 is 0.931 bits per heavy atom. The van der Waals surface area contributed by atoms with Gasteiger partial charge in [-0.25, -0.2) is 0 Å². The van der Waals surface area contributed by atoms with E-state index in [0.717, 1.165) is 11.1 Å². The van der Waals surface area contributed by atoms with Gasteiger partial charge in [-0.1, -0.05) is 66.2 Å². The first-order chi connectivity index (χ1) is 14.0. The monoisotopic (exact) mass is 404 g/mol. The molecule has 0 unspecified atom stereocenters. The first-order valence-electron chi connectivity index (χ1n) is 9.16. The topological polar surface area (TPSA) is 49.4 Å². The summed E-state index contributed by atoms with van der Waals surface area (Å²) in [4.78, 5) is 26.9. The van der Waals surface area contributed by atoms with Gasteiger partial charge in [-0.2, -0.15) is 0 Å². The molecule has 0 saturated carbocycles. The van der Waals surface area contributed by atoms with Crippen LogP contribution in [0.4, 0.5) is 5.69 Å². The molecule has 0 fully saturated rings. The first-order valence-corrected chi connectivity index (χ1v) is 9.54. The summed E-state index contributed by atoms with van der Waals surface area (Å²) < 4.78 is 0. The fourth-order valence-corrected chi connectivity index (χ4v) is 2.96. The molecule has 3 rings (SSSR count). The second-order valence-corrected chi connectivity index (χ2v) is 7.00. The van der Waals surface area contributed by atoms with Crippen molar-refractivity contribution in [3.63, 3.8) is 0 Å². The summed E-state index contributed by atoms with van der Waals surface area (Å²) in [5, 5.41) is 3.43. The Morgan fingerprint density at radius 2 is 1.59 bits per heavy atom. The SMILES string of the molecule is CN(Cc1ccccc1)C(=O)c1ccccc1NC(=O)/C=C/c1ccc(Cl)cc1. The summed E-state index contributed by atoms with van der Waals surface area (Å²) in [6.45, 7) is 0.485. The lowest BCUT2D eigenvalue weighted by Gasteiger charge is -2.19. The first kappa shape index (κ1) is 20.4. The Hall–Kier alpha value is -3.37. The standard InChI is InChI=1S/C24H21ClN2O2/c1-27(17-19-7-3-2-4-8-19)24(29)21-9-5-6-10-22(21)26-23(28)16-13-18-11-14-20(25)15-12-18/h2-16H,17H2,1H3,(H,26,28)/b16-13+. The van der Waals surface area contributed by atoms with Crippen LogP contribution in [-0.2, 0) is 11.3 Å². The summed E-state index contributed by atoms with van der Waals surface area (Å²) in [6, 6.07) is 23.9. The molecule has 3 aromatic rings. The van der Waals surface area contributed by atoms with E-state index in [1.54, 1.807) is 54.4 Å². The number of rotatable bonds is 6. The third kappa shape index (κ3) is 5.80. The number of nitrogens with one attached hydrogen (secondary N) is 1. The zero-order chi connectivity index (χ0) is 20.6. The van der Waals surface area contributed by atoms with Crippen LogP contribution < -0.4 is 5.32 Å². The summed E-state index contributed by atoms with van der Waals surface area (Å²) >= 11 is 5.87. The maximum Gasteiger partial charge on any atom is 0.256 e. The predicted molar refractivity (Wildman–Crippen MR) is 118 cm³/mol. The van der Waals surface area contributed by atoms with E-state index in [4.69, 9.17) is 11.6 Å². The Kier molecular flexibility index (Phi) is 6.82. The molecule has 1 N–H and O–H groups in total. The van der Waals surface area contributed by atoms with Gasteiger partial charge >= 0.3 is 0 Å². The normalized spacial score (nSPS) is 10.7. The molecule has 5 heteroatoms. The van der Waals surface area contributed by atoms with Crippen LogP contribution in [0.2, 0.25) is 5.02 Å². The maximum absolute atomic E-state index is 12.9. The van der Waals surface area contributed by atoms with Crippen LogP contribution in [0.25, 0.3) is 6.08 Å². The van der Waals surface area contributed by atoms with Crippen LogP contribution in [0.1, 0.15) is 21.5 Å². The lowest BCUT2D eigenvalue weighted by Crippen LogP contribution is -2.27. The number of hydrogen-bond donors (Lipinski definition) is 1. The van der Waals surface area contributed by atoms with Gasteiger partial charge in [0.1, 0.15) is 0 Å². The third-order valence-corrected chi connectivity index (χ3v) is 4.57. The molecule has 0 aliphatic rings. The molecular weight excluding hydrogens is 384 g/mol. The van der Waals surface area contributed by atoms with Crippen molar-refractivity contribution in [1.82, 2.24) is 4.90 Å². The number of carbonyl (C=O) groups excluding carboxylic acids is 2. The Labute approximate surface area is 175 Å². The molecule has 0 aromatic heterocycles. The summed E-state index contributed by atoms with van der Waals surface area (Å²) in [5.41, 5.74) is 2.81. The minimum Gasteiger partial charge on any atom is -0.337 e. The second-order valence-electron chi connectivity index (χ2n) is 6.57. The van der Waals surface area contributed by atoms with Crippen molar-refractivity contribution in [3.05, 3.63) is 107 Å². The van der Waals surface area contributed by atoms with E-state index in [9.17, 15) is 9.59 Å². The van der Waals surface area contributed by atoms with Crippen molar-refractivity contribution < 1.29 is 9.59 Å². The lowest BCUT2D eigenvalue weighted by atomic mass is 10.1. The van der Waals surface area contributed by atoms with Gasteiger partial charge in [0.05, 0.1) is 11.3 Å². The van der Waals surface area contributed by atoms with Crippen LogP contribution in [0.3, 0.4) is 0 Å². The smallest absolute Gasteiger partial charge is 0.256 e. The predicted octanol–water partition coefficient (Wildman–Crippen LogP) is 5.26. The highest BCUT2D eigenvalue weighted by molar-refractivity contribution is 6.30. The summed E-state index contributed by atoms with van der Waals surface area (Å²) in [7, 11) is 1.74. The molecule has 0 aliphatic carbocycles. The minimum absolute atomic E-state index is 0.161. The molecule has 2 amide bonds. The largest absolute Gasteiger partial charge is 0.337 e. The van der Waals surface area contributed by atoms with Crippen molar-refractivity contribution in [2.24, 2.45) is 0 Å². The van der Waals surface area contributed by atoms with Crippen LogP contribution in [0.5, 0.6) is 0 Å². The van der Waals surface area contributed by atoms with E-state index in [1.165, 1.54) is 6.08 Å². The van der Waals surface area contributed by atoms with Gasteiger partial charge in [-0.3, -0.25) is 9.59 Å². The Balaban J connectivity index is 1.70. The van der Waals surface area contributed by atoms with Crippen molar-refractivity contribution in [3.8, 4) is 0 Å². The highest BCUT2D eigenvalue weighted by Gasteiger charge is 2.16. The molecule has 0 atom stereocenters. The van der Waals surface area contributed by atoms with Gasteiger partial charge in [0.25, 0.3) is 5.91 Å². The zero-order valence-corrected chi connectivity index (χ0v) is 16.8. The van der Waals surface area contributed by atoms with Crippen LogP contribution in [-0.4, -0.2) is 23.8 Å². The molecule has 0 radical (unpaired) electrons. The number of carbonyl (C=O) groups is 2. The van der Waals surface area contributed by atoms with E-state index in [0.29, 0.717) is 22.8 Å². The van der Waals surface area contributed by atoms with Gasteiger partial charge in [-0.15, -0.1) is 0 Å². The van der Waals surface area contributed by atoms with Crippen LogP contribution in [0, 0.1) is 0 Å². The highest BCUT2D eigenvalue weighted by atomic mass is 35.5. The molecule has 3 aromatic carbocycles. The maximum atomic E-state index is 12.9. The summed E-state index contributed by atoms with van der Waals surface area (Å²) in [5.74, 6) is -0.475. The average Bonchev–Trinajstić information content (AvgIpc) is 2.74. The van der Waals surface area contributed by atoms with E-state index in [2.05, 4.69) is 5.32 Å². The molecule has 29 heavy (non-hydrogen) atoms. The van der Waals surface area contributed by atoms with Crippen LogP contribution >= 0.6 is 11.6 Å². The van der Waals surface area contributed by atoms with Gasteiger partial charge in [-0.05, 0) is 41.5 Å². The quantitative estimate of drug-likeness (QED) is 0.569. The van der Waals surface area contributed by atoms with Crippen LogP contribution in [0.15, 0.2) is 84.9 Å².